The van der Waals surface area contributed by atoms with Crippen molar-refractivity contribution in [3.63, 3.8) is 0 Å². The van der Waals surface area contributed by atoms with Crippen LogP contribution in [0.1, 0.15) is 47.5 Å². The number of nitrogens with one attached hydrogen (secondary N) is 3. The van der Waals surface area contributed by atoms with Gasteiger partial charge in [0.25, 0.3) is 0 Å². The van der Waals surface area contributed by atoms with E-state index in [0.717, 1.165) is 0 Å². The topological polar surface area (TPSA) is 151 Å². The quantitative estimate of drug-likeness (QED) is 0.244. The van der Waals surface area contributed by atoms with Crippen molar-refractivity contribution < 1.29 is 24.3 Å². The molecule has 28 heavy (non-hydrogen) atoms. The van der Waals surface area contributed by atoms with Crippen LogP contribution in [0.15, 0.2) is 0 Å². The Labute approximate surface area is 172 Å². The van der Waals surface area contributed by atoms with E-state index < -0.39 is 47.9 Å². The Balaban J connectivity index is 5.06. The molecule has 9 nitrogen and oxygen atoms in total. The number of carboxylic acids is 1. The van der Waals surface area contributed by atoms with Crippen LogP contribution in [0.5, 0.6) is 0 Å². The Hall–Kier alpha value is -1.81. The van der Waals surface area contributed by atoms with Gasteiger partial charge in [0, 0.05) is 5.75 Å². The van der Waals surface area contributed by atoms with E-state index in [9.17, 15) is 24.3 Å². The standard InChI is InChI=1S/C18H34N4O5S/c1-6-10(4)14(22-16(24)12(19)8-28)17(25)20-11(5)15(23)21-13(18(26)27)7-9(2)3/h9-14,28H,6-8,19H2,1-5H3,(H,20,25)(H,21,23)(H,22,24)(H,26,27). The number of hydrogen-bond donors (Lipinski definition) is 6. The highest BCUT2D eigenvalue weighted by molar-refractivity contribution is 7.80. The molecule has 0 aliphatic heterocycles. The van der Waals surface area contributed by atoms with Crippen molar-refractivity contribution in [2.45, 2.75) is 71.6 Å². The summed E-state index contributed by atoms with van der Waals surface area (Å²) in [5.41, 5.74) is 5.64. The van der Waals surface area contributed by atoms with E-state index >= 15 is 0 Å². The first-order valence-corrected chi connectivity index (χ1v) is 10.1. The van der Waals surface area contributed by atoms with Gasteiger partial charge in [-0.25, -0.2) is 4.79 Å². The zero-order valence-electron chi connectivity index (χ0n) is 17.2. The zero-order chi connectivity index (χ0) is 22.0. The van der Waals surface area contributed by atoms with Gasteiger partial charge >= 0.3 is 5.97 Å². The second-order valence-electron chi connectivity index (χ2n) is 7.42. The molecule has 0 spiro atoms. The molecule has 0 aromatic carbocycles. The van der Waals surface area contributed by atoms with Crippen molar-refractivity contribution in [3.05, 3.63) is 0 Å². The van der Waals surface area contributed by atoms with E-state index in [4.69, 9.17) is 5.73 Å². The van der Waals surface area contributed by atoms with Crippen LogP contribution in [0.4, 0.5) is 0 Å². The molecule has 3 amide bonds. The van der Waals surface area contributed by atoms with Crippen molar-refractivity contribution in [2.75, 3.05) is 5.75 Å². The van der Waals surface area contributed by atoms with Gasteiger partial charge in [-0.05, 0) is 25.2 Å². The van der Waals surface area contributed by atoms with Gasteiger partial charge in [-0.15, -0.1) is 0 Å². The van der Waals surface area contributed by atoms with Crippen LogP contribution >= 0.6 is 12.6 Å². The number of carbonyl (C=O) groups excluding carboxylic acids is 3. The summed E-state index contributed by atoms with van der Waals surface area (Å²) in [6.07, 6.45) is 0.888. The van der Waals surface area contributed by atoms with E-state index in [0.29, 0.717) is 6.42 Å². The van der Waals surface area contributed by atoms with Gasteiger partial charge in [0.2, 0.25) is 17.7 Å². The van der Waals surface area contributed by atoms with Gasteiger partial charge in [0.1, 0.15) is 18.1 Å². The molecule has 162 valence electrons. The lowest BCUT2D eigenvalue weighted by Gasteiger charge is -2.26. The van der Waals surface area contributed by atoms with Crippen LogP contribution in [-0.2, 0) is 19.2 Å². The van der Waals surface area contributed by atoms with Crippen molar-refractivity contribution in [2.24, 2.45) is 17.6 Å². The van der Waals surface area contributed by atoms with E-state index in [1.807, 2.05) is 20.8 Å². The number of aliphatic carboxylic acids is 1. The highest BCUT2D eigenvalue weighted by Gasteiger charge is 2.30. The lowest BCUT2D eigenvalue weighted by molar-refractivity contribution is -0.142. The summed E-state index contributed by atoms with van der Waals surface area (Å²) in [5.74, 6) is -2.77. The maximum absolute atomic E-state index is 12.6. The summed E-state index contributed by atoms with van der Waals surface area (Å²) in [6, 6.07) is -3.73. The fourth-order valence-electron chi connectivity index (χ4n) is 2.40. The fraction of sp³-hybridized carbons (Fsp3) is 0.778. The van der Waals surface area contributed by atoms with Gasteiger partial charge in [-0.3, -0.25) is 14.4 Å². The normalized spacial score (nSPS) is 16.4. The van der Waals surface area contributed by atoms with E-state index in [1.54, 1.807) is 6.92 Å². The Kier molecular flexibility index (Phi) is 11.8. The minimum atomic E-state index is -1.13. The average Bonchev–Trinajstić information content (AvgIpc) is 2.62. The first-order chi connectivity index (χ1) is 12.9. The molecule has 0 heterocycles. The van der Waals surface area contributed by atoms with Crippen molar-refractivity contribution in [3.8, 4) is 0 Å². The first kappa shape index (κ1) is 26.2. The minimum Gasteiger partial charge on any atom is -0.480 e. The number of rotatable bonds is 12. The molecule has 0 bridgehead atoms. The van der Waals surface area contributed by atoms with Crippen LogP contribution in [-0.4, -0.2) is 58.7 Å². The van der Waals surface area contributed by atoms with Gasteiger partial charge in [-0.1, -0.05) is 34.1 Å². The summed E-state index contributed by atoms with van der Waals surface area (Å²) < 4.78 is 0. The number of nitrogens with two attached hydrogens (primary N) is 1. The molecule has 10 heteroatoms. The molecule has 0 aliphatic carbocycles. The number of carboxylic acid groups (broad SMARTS) is 1. The third kappa shape index (κ3) is 8.92. The Bertz CT molecular complexity index is 558. The van der Waals surface area contributed by atoms with Crippen LogP contribution in [0.3, 0.4) is 0 Å². The Morgan fingerprint density at radius 1 is 0.964 bits per heavy atom. The molecule has 0 aliphatic rings. The maximum Gasteiger partial charge on any atom is 0.326 e. The van der Waals surface area contributed by atoms with Crippen LogP contribution in [0, 0.1) is 11.8 Å². The lowest BCUT2D eigenvalue weighted by Crippen LogP contribution is -2.58. The molecule has 0 aromatic rings. The number of hydrogen-bond acceptors (Lipinski definition) is 6. The van der Waals surface area contributed by atoms with Gasteiger partial charge < -0.3 is 26.8 Å². The molecule has 0 saturated heterocycles. The lowest BCUT2D eigenvalue weighted by atomic mass is 9.97. The van der Waals surface area contributed by atoms with Crippen molar-refractivity contribution in [1.82, 2.24) is 16.0 Å². The molecule has 5 atom stereocenters. The minimum absolute atomic E-state index is 0.0762. The van der Waals surface area contributed by atoms with Gasteiger partial charge in [-0.2, -0.15) is 12.6 Å². The summed E-state index contributed by atoms with van der Waals surface area (Å²) in [4.78, 5) is 48.3. The zero-order valence-corrected chi connectivity index (χ0v) is 18.1. The number of carbonyl (C=O) groups is 4. The molecule has 6 N–H and O–H groups in total. The Morgan fingerprint density at radius 2 is 1.54 bits per heavy atom. The molecule has 0 aromatic heterocycles. The fourth-order valence-corrected chi connectivity index (χ4v) is 2.57. The molecule has 0 saturated carbocycles. The molecule has 0 rings (SSSR count). The molecule has 0 radical (unpaired) electrons. The van der Waals surface area contributed by atoms with E-state index in [1.165, 1.54) is 6.92 Å². The predicted molar refractivity (Wildman–Crippen MR) is 110 cm³/mol. The summed E-state index contributed by atoms with van der Waals surface area (Å²) >= 11 is 3.97. The highest BCUT2D eigenvalue weighted by atomic mass is 32.1. The summed E-state index contributed by atoms with van der Waals surface area (Å²) in [5, 5.41) is 16.8. The molecular weight excluding hydrogens is 384 g/mol. The summed E-state index contributed by atoms with van der Waals surface area (Å²) in [7, 11) is 0. The van der Waals surface area contributed by atoms with Crippen LogP contribution in [0.25, 0.3) is 0 Å². The average molecular weight is 419 g/mol. The second-order valence-corrected chi connectivity index (χ2v) is 7.79. The predicted octanol–water partition coefficient (Wildman–Crippen LogP) is -0.105. The summed E-state index contributed by atoms with van der Waals surface area (Å²) in [6.45, 7) is 8.82. The van der Waals surface area contributed by atoms with E-state index in [2.05, 4.69) is 28.6 Å². The molecule has 5 unspecified atom stereocenters. The molecular formula is C18H34N4O5S. The van der Waals surface area contributed by atoms with Crippen LogP contribution in [0.2, 0.25) is 0 Å². The van der Waals surface area contributed by atoms with Gasteiger partial charge in [0.15, 0.2) is 0 Å². The van der Waals surface area contributed by atoms with Crippen molar-refractivity contribution in [1.29, 1.82) is 0 Å². The third-order valence-corrected chi connectivity index (χ3v) is 4.79. The van der Waals surface area contributed by atoms with Crippen LogP contribution < -0.4 is 21.7 Å². The highest BCUT2D eigenvalue weighted by Crippen LogP contribution is 2.09. The first-order valence-electron chi connectivity index (χ1n) is 9.44. The largest absolute Gasteiger partial charge is 0.480 e. The molecule has 0 fully saturated rings. The maximum atomic E-state index is 12.6. The SMILES string of the molecule is CCC(C)C(NC(=O)C(N)CS)C(=O)NC(C)C(=O)NC(CC(C)C)C(=O)O. The van der Waals surface area contributed by atoms with Crippen molar-refractivity contribution >= 4 is 36.3 Å². The van der Waals surface area contributed by atoms with Gasteiger partial charge in [0.05, 0.1) is 6.04 Å². The third-order valence-electron chi connectivity index (χ3n) is 4.40. The second kappa shape index (κ2) is 12.6. The Morgan fingerprint density at radius 3 is 1.96 bits per heavy atom. The van der Waals surface area contributed by atoms with E-state index in [-0.39, 0.29) is 24.0 Å². The monoisotopic (exact) mass is 418 g/mol. The number of thiol groups is 1. The number of amides is 3. The smallest absolute Gasteiger partial charge is 0.326 e.